The average Bonchev–Trinajstić information content (AvgIpc) is 2.99. The third-order valence-electron chi connectivity index (χ3n) is 4.10. The maximum atomic E-state index is 12.4. The zero-order chi connectivity index (χ0) is 17.5. The van der Waals surface area contributed by atoms with Gasteiger partial charge in [0, 0.05) is 13.1 Å². The molecule has 0 spiro atoms. The van der Waals surface area contributed by atoms with Crippen molar-refractivity contribution in [3.63, 3.8) is 0 Å². The van der Waals surface area contributed by atoms with Gasteiger partial charge in [0.05, 0.1) is 11.0 Å². The Morgan fingerprint density at radius 3 is 2.64 bits per heavy atom. The highest BCUT2D eigenvalue weighted by molar-refractivity contribution is 5.83. The number of anilines is 1. The molecule has 0 aliphatic heterocycles. The lowest BCUT2D eigenvalue weighted by Crippen LogP contribution is -2.27. The molecule has 5 heteroatoms. The normalized spacial score (nSPS) is 10.8. The number of carbonyl (C=O) groups excluding carboxylic acids is 1. The zero-order valence-corrected chi connectivity index (χ0v) is 14.5. The minimum absolute atomic E-state index is 0.0226. The first kappa shape index (κ1) is 17.0. The first-order valence-corrected chi connectivity index (χ1v) is 8.77. The van der Waals surface area contributed by atoms with Gasteiger partial charge in [-0.05, 0) is 24.1 Å². The fraction of sp³-hybridized carbons (Fsp3) is 0.300. The molecule has 130 valence electrons. The molecule has 25 heavy (non-hydrogen) atoms. The summed E-state index contributed by atoms with van der Waals surface area (Å²) in [7, 11) is 0. The molecule has 0 aliphatic rings. The number of nitrogens with zero attached hydrogens (tertiary/aromatic N) is 2. The van der Waals surface area contributed by atoms with Crippen molar-refractivity contribution in [3.05, 3.63) is 60.2 Å². The van der Waals surface area contributed by atoms with Crippen molar-refractivity contribution in [2.75, 3.05) is 11.9 Å². The molecule has 0 saturated carbocycles. The van der Waals surface area contributed by atoms with Gasteiger partial charge in [-0.3, -0.25) is 4.79 Å². The predicted molar refractivity (Wildman–Crippen MR) is 101 cm³/mol. The number of fused-ring (bicyclic) bond motifs is 1. The molecule has 0 bridgehead atoms. The highest BCUT2D eigenvalue weighted by Gasteiger charge is 2.13. The number of benzene rings is 2. The van der Waals surface area contributed by atoms with Gasteiger partial charge in [0.2, 0.25) is 11.9 Å². The smallest absolute Gasteiger partial charge is 0.240 e. The van der Waals surface area contributed by atoms with Crippen LogP contribution in [0.5, 0.6) is 0 Å². The summed E-state index contributed by atoms with van der Waals surface area (Å²) in [4.78, 5) is 17.0. The summed E-state index contributed by atoms with van der Waals surface area (Å²) in [5.41, 5.74) is 2.96. The lowest BCUT2D eigenvalue weighted by molar-refractivity contribution is -0.121. The Morgan fingerprint density at radius 2 is 1.84 bits per heavy atom. The lowest BCUT2D eigenvalue weighted by Gasteiger charge is -2.11. The van der Waals surface area contributed by atoms with Gasteiger partial charge in [-0.25, -0.2) is 4.98 Å². The van der Waals surface area contributed by atoms with Gasteiger partial charge in [-0.1, -0.05) is 55.8 Å². The summed E-state index contributed by atoms with van der Waals surface area (Å²) in [6, 6.07) is 17.8. The Labute approximate surface area is 148 Å². The second-order valence-corrected chi connectivity index (χ2v) is 6.05. The molecule has 2 aromatic carbocycles. The summed E-state index contributed by atoms with van der Waals surface area (Å²) in [5, 5.41) is 6.34. The molecule has 1 amide bonds. The summed E-state index contributed by atoms with van der Waals surface area (Å²) in [6.45, 7) is 3.79. The number of para-hydroxylation sites is 2. The van der Waals surface area contributed by atoms with Crippen LogP contribution in [0.4, 0.5) is 5.95 Å². The highest BCUT2D eigenvalue weighted by atomic mass is 16.1. The van der Waals surface area contributed by atoms with Gasteiger partial charge in [0.1, 0.15) is 6.54 Å². The lowest BCUT2D eigenvalue weighted by atomic mass is 10.2. The van der Waals surface area contributed by atoms with E-state index in [0.29, 0.717) is 6.54 Å². The van der Waals surface area contributed by atoms with Gasteiger partial charge in [-0.2, -0.15) is 0 Å². The molecule has 3 aromatic rings. The van der Waals surface area contributed by atoms with Crippen LogP contribution in [-0.2, 0) is 17.9 Å². The van der Waals surface area contributed by atoms with Crippen LogP contribution >= 0.6 is 0 Å². The van der Waals surface area contributed by atoms with E-state index in [1.165, 1.54) is 0 Å². The number of carbonyl (C=O) groups is 1. The van der Waals surface area contributed by atoms with E-state index >= 15 is 0 Å². The monoisotopic (exact) mass is 336 g/mol. The number of hydrogen-bond donors (Lipinski definition) is 2. The molecule has 0 saturated heterocycles. The molecule has 1 heterocycles. The minimum Gasteiger partial charge on any atom is -0.356 e. The number of rotatable bonds is 8. The molecule has 0 radical (unpaired) electrons. The van der Waals surface area contributed by atoms with Crippen LogP contribution in [0, 0.1) is 0 Å². The van der Waals surface area contributed by atoms with E-state index in [9.17, 15) is 4.79 Å². The molecule has 5 nitrogen and oxygen atoms in total. The largest absolute Gasteiger partial charge is 0.356 e. The van der Waals surface area contributed by atoms with Crippen molar-refractivity contribution >= 4 is 22.9 Å². The van der Waals surface area contributed by atoms with Crippen molar-refractivity contribution in [3.8, 4) is 0 Å². The van der Waals surface area contributed by atoms with E-state index in [2.05, 4.69) is 22.5 Å². The van der Waals surface area contributed by atoms with Crippen LogP contribution in [-0.4, -0.2) is 22.0 Å². The summed E-state index contributed by atoms with van der Waals surface area (Å²) in [5.74, 6) is 0.732. The molecule has 0 fully saturated rings. The van der Waals surface area contributed by atoms with E-state index in [1.54, 1.807) is 0 Å². The van der Waals surface area contributed by atoms with E-state index in [1.807, 2.05) is 59.2 Å². The van der Waals surface area contributed by atoms with Gasteiger partial charge >= 0.3 is 0 Å². The predicted octanol–water partition coefficient (Wildman–Crippen LogP) is 3.56. The molecule has 0 aliphatic carbocycles. The van der Waals surface area contributed by atoms with Crippen LogP contribution < -0.4 is 10.6 Å². The Kier molecular flexibility index (Phi) is 5.67. The van der Waals surface area contributed by atoms with Crippen molar-refractivity contribution < 1.29 is 4.79 Å². The molecule has 0 atom stereocenters. The zero-order valence-electron chi connectivity index (χ0n) is 14.5. The maximum absolute atomic E-state index is 12.4. The van der Waals surface area contributed by atoms with Gasteiger partial charge in [-0.15, -0.1) is 0 Å². The van der Waals surface area contributed by atoms with Gasteiger partial charge in [0.25, 0.3) is 0 Å². The average molecular weight is 336 g/mol. The molecule has 3 rings (SSSR count). The first-order valence-electron chi connectivity index (χ1n) is 8.77. The second kappa shape index (κ2) is 8.33. The van der Waals surface area contributed by atoms with Crippen LogP contribution in [0.2, 0.25) is 0 Å². The number of imidazole rings is 1. The standard InChI is InChI=1S/C20H24N4O/c1-2-3-13-21-20-23-17-11-7-8-12-18(17)24(20)15-19(25)22-14-16-9-5-4-6-10-16/h4-12H,2-3,13-15H2,1H3,(H,21,23)(H,22,25). The molecule has 2 N–H and O–H groups in total. The van der Waals surface area contributed by atoms with Crippen LogP contribution in [0.1, 0.15) is 25.3 Å². The number of unbranched alkanes of at least 4 members (excludes halogenated alkanes) is 1. The maximum Gasteiger partial charge on any atom is 0.240 e. The minimum atomic E-state index is -0.0226. The van der Waals surface area contributed by atoms with Crippen LogP contribution in [0.25, 0.3) is 11.0 Å². The number of amides is 1. The Morgan fingerprint density at radius 1 is 1.08 bits per heavy atom. The third-order valence-corrected chi connectivity index (χ3v) is 4.10. The number of hydrogen-bond acceptors (Lipinski definition) is 3. The quantitative estimate of drug-likeness (QED) is 0.618. The molecule has 0 unspecified atom stereocenters. The highest BCUT2D eigenvalue weighted by Crippen LogP contribution is 2.19. The molecular formula is C20H24N4O. The van der Waals surface area contributed by atoms with E-state index in [0.717, 1.165) is 41.9 Å². The fourth-order valence-electron chi connectivity index (χ4n) is 2.74. The Balaban J connectivity index is 1.72. The fourth-order valence-corrected chi connectivity index (χ4v) is 2.74. The van der Waals surface area contributed by atoms with Crippen LogP contribution in [0.3, 0.4) is 0 Å². The van der Waals surface area contributed by atoms with Crippen molar-refractivity contribution in [1.82, 2.24) is 14.9 Å². The molecule has 1 aromatic heterocycles. The molecular weight excluding hydrogens is 312 g/mol. The Hall–Kier alpha value is -2.82. The summed E-state index contributed by atoms with van der Waals surface area (Å²) < 4.78 is 1.95. The topological polar surface area (TPSA) is 59.0 Å². The van der Waals surface area contributed by atoms with Crippen molar-refractivity contribution in [2.45, 2.75) is 32.9 Å². The number of nitrogens with one attached hydrogen (secondary N) is 2. The summed E-state index contributed by atoms with van der Waals surface area (Å²) >= 11 is 0. The Bertz CT molecular complexity index is 826. The third kappa shape index (κ3) is 4.38. The van der Waals surface area contributed by atoms with Gasteiger partial charge < -0.3 is 15.2 Å². The van der Waals surface area contributed by atoms with E-state index in [4.69, 9.17) is 0 Å². The summed E-state index contributed by atoms with van der Waals surface area (Å²) in [6.07, 6.45) is 2.19. The number of aromatic nitrogens is 2. The van der Waals surface area contributed by atoms with Crippen molar-refractivity contribution in [2.24, 2.45) is 0 Å². The SMILES string of the molecule is CCCCNc1nc2ccccc2n1CC(=O)NCc1ccccc1. The second-order valence-electron chi connectivity index (χ2n) is 6.05. The van der Waals surface area contributed by atoms with Gasteiger partial charge in [0.15, 0.2) is 0 Å². The van der Waals surface area contributed by atoms with E-state index < -0.39 is 0 Å². The van der Waals surface area contributed by atoms with E-state index in [-0.39, 0.29) is 12.5 Å². The van der Waals surface area contributed by atoms with Crippen molar-refractivity contribution in [1.29, 1.82) is 0 Å². The van der Waals surface area contributed by atoms with Crippen LogP contribution in [0.15, 0.2) is 54.6 Å². The first-order chi connectivity index (χ1) is 12.3.